The summed E-state index contributed by atoms with van der Waals surface area (Å²) >= 11 is 0. The number of non-ortho nitro benzene ring substituents is 1. The minimum atomic E-state index is -0.707. The van der Waals surface area contributed by atoms with Crippen molar-refractivity contribution in [2.24, 2.45) is 0 Å². The molecule has 0 radical (unpaired) electrons. The molecular formula is C16H15NO5. The number of ether oxygens (including phenoxy) is 2. The van der Waals surface area contributed by atoms with Crippen molar-refractivity contribution in [1.29, 1.82) is 0 Å². The van der Waals surface area contributed by atoms with E-state index in [2.05, 4.69) is 0 Å². The molecule has 6 nitrogen and oxygen atoms in total. The standard InChI is InChI=1S/C16H15NO5/c1-21-14-6-4-3-5-13(14)15(16(18)22-2)11-7-9-12(10-8-11)17(19)20/h3-10,15H,1-2H3. The van der Waals surface area contributed by atoms with Crippen LogP contribution < -0.4 is 4.74 Å². The Kier molecular flexibility index (Phi) is 4.73. The molecule has 0 amide bonds. The maximum Gasteiger partial charge on any atom is 0.317 e. The quantitative estimate of drug-likeness (QED) is 0.482. The predicted molar refractivity (Wildman–Crippen MR) is 79.9 cm³/mol. The zero-order valence-corrected chi connectivity index (χ0v) is 12.2. The van der Waals surface area contributed by atoms with Gasteiger partial charge in [0.2, 0.25) is 0 Å². The third-order valence-corrected chi connectivity index (χ3v) is 3.32. The van der Waals surface area contributed by atoms with Gasteiger partial charge in [0, 0.05) is 17.7 Å². The van der Waals surface area contributed by atoms with E-state index in [1.807, 2.05) is 0 Å². The summed E-state index contributed by atoms with van der Waals surface area (Å²) in [6, 6.07) is 12.9. The number of nitro benzene ring substituents is 1. The largest absolute Gasteiger partial charge is 0.496 e. The van der Waals surface area contributed by atoms with Gasteiger partial charge in [-0.05, 0) is 11.6 Å². The summed E-state index contributed by atoms with van der Waals surface area (Å²) in [5, 5.41) is 10.7. The van der Waals surface area contributed by atoms with Gasteiger partial charge in [-0.15, -0.1) is 0 Å². The number of carbonyl (C=O) groups is 1. The molecule has 0 saturated carbocycles. The first-order valence-corrected chi connectivity index (χ1v) is 6.53. The normalized spacial score (nSPS) is 11.5. The SMILES string of the molecule is COC(=O)C(c1ccc([N+](=O)[O-])cc1)c1ccccc1OC. The number of nitro groups is 1. The number of benzene rings is 2. The molecule has 0 heterocycles. The van der Waals surface area contributed by atoms with E-state index in [1.54, 1.807) is 36.4 Å². The smallest absolute Gasteiger partial charge is 0.317 e. The molecule has 0 aliphatic heterocycles. The molecule has 2 rings (SSSR count). The Labute approximate surface area is 127 Å². The Morgan fingerprint density at radius 2 is 1.73 bits per heavy atom. The zero-order chi connectivity index (χ0) is 16.1. The first kappa shape index (κ1) is 15.5. The molecule has 0 N–H and O–H groups in total. The minimum absolute atomic E-state index is 0.0348. The molecule has 0 spiro atoms. The van der Waals surface area contributed by atoms with Crippen LogP contribution in [-0.4, -0.2) is 25.1 Å². The zero-order valence-electron chi connectivity index (χ0n) is 12.2. The van der Waals surface area contributed by atoms with E-state index >= 15 is 0 Å². The second kappa shape index (κ2) is 6.71. The second-order valence-electron chi connectivity index (χ2n) is 4.55. The Morgan fingerprint density at radius 1 is 1.09 bits per heavy atom. The van der Waals surface area contributed by atoms with Crippen molar-refractivity contribution >= 4 is 11.7 Å². The lowest BCUT2D eigenvalue weighted by Gasteiger charge is -2.18. The van der Waals surface area contributed by atoms with E-state index in [4.69, 9.17) is 9.47 Å². The van der Waals surface area contributed by atoms with Crippen molar-refractivity contribution in [2.45, 2.75) is 5.92 Å². The van der Waals surface area contributed by atoms with Gasteiger partial charge >= 0.3 is 5.97 Å². The Bertz CT molecular complexity index is 681. The number of hydrogen-bond acceptors (Lipinski definition) is 5. The topological polar surface area (TPSA) is 78.7 Å². The highest BCUT2D eigenvalue weighted by Gasteiger charge is 2.27. The summed E-state index contributed by atoms with van der Waals surface area (Å²) in [6.45, 7) is 0. The monoisotopic (exact) mass is 301 g/mol. The molecule has 2 aromatic rings. The van der Waals surface area contributed by atoms with Crippen LogP contribution in [-0.2, 0) is 9.53 Å². The second-order valence-corrected chi connectivity index (χ2v) is 4.55. The molecule has 2 aromatic carbocycles. The van der Waals surface area contributed by atoms with E-state index in [9.17, 15) is 14.9 Å². The number of nitrogens with zero attached hydrogens (tertiary/aromatic N) is 1. The maximum atomic E-state index is 12.2. The third-order valence-electron chi connectivity index (χ3n) is 3.32. The van der Waals surface area contributed by atoms with Crippen LogP contribution in [0.25, 0.3) is 0 Å². The van der Waals surface area contributed by atoms with E-state index < -0.39 is 16.8 Å². The van der Waals surface area contributed by atoms with Crippen LogP contribution in [0.2, 0.25) is 0 Å². The highest BCUT2D eigenvalue weighted by Crippen LogP contribution is 2.33. The van der Waals surface area contributed by atoms with Crippen LogP contribution in [0.5, 0.6) is 5.75 Å². The van der Waals surface area contributed by atoms with Crippen LogP contribution in [0.1, 0.15) is 17.0 Å². The Balaban J connectivity index is 2.51. The van der Waals surface area contributed by atoms with E-state index in [-0.39, 0.29) is 5.69 Å². The fourth-order valence-electron chi connectivity index (χ4n) is 2.25. The molecule has 0 aliphatic carbocycles. The van der Waals surface area contributed by atoms with E-state index in [1.165, 1.54) is 26.4 Å². The molecule has 6 heteroatoms. The van der Waals surface area contributed by atoms with Gasteiger partial charge in [0.1, 0.15) is 11.7 Å². The lowest BCUT2D eigenvalue weighted by Crippen LogP contribution is -2.16. The molecule has 1 unspecified atom stereocenters. The van der Waals surface area contributed by atoms with Crippen molar-refractivity contribution in [2.75, 3.05) is 14.2 Å². The van der Waals surface area contributed by atoms with Crippen molar-refractivity contribution in [1.82, 2.24) is 0 Å². The molecule has 114 valence electrons. The minimum Gasteiger partial charge on any atom is -0.496 e. The molecule has 0 saturated heterocycles. The summed E-state index contributed by atoms with van der Waals surface area (Å²) in [7, 11) is 2.82. The van der Waals surface area contributed by atoms with Crippen molar-refractivity contribution in [3.8, 4) is 5.75 Å². The highest BCUT2D eigenvalue weighted by atomic mass is 16.6. The third kappa shape index (κ3) is 3.06. The van der Waals surface area contributed by atoms with Crippen LogP contribution in [0, 0.1) is 10.1 Å². The van der Waals surface area contributed by atoms with Gasteiger partial charge in [0.15, 0.2) is 0 Å². The van der Waals surface area contributed by atoms with Gasteiger partial charge in [0.25, 0.3) is 5.69 Å². The molecule has 0 aromatic heterocycles. The lowest BCUT2D eigenvalue weighted by molar-refractivity contribution is -0.384. The lowest BCUT2D eigenvalue weighted by atomic mass is 9.90. The number of methoxy groups -OCH3 is 2. The Hall–Kier alpha value is -2.89. The molecule has 1 atom stereocenters. The van der Waals surface area contributed by atoms with E-state index in [0.29, 0.717) is 16.9 Å². The molecular weight excluding hydrogens is 286 g/mol. The van der Waals surface area contributed by atoms with Crippen LogP contribution >= 0.6 is 0 Å². The number of para-hydroxylation sites is 1. The fraction of sp³-hybridized carbons (Fsp3) is 0.188. The van der Waals surface area contributed by atoms with Gasteiger partial charge in [0.05, 0.1) is 19.1 Å². The first-order chi connectivity index (χ1) is 10.6. The van der Waals surface area contributed by atoms with Crippen molar-refractivity contribution in [3.05, 3.63) is 69.8 Å². The molecule has 0 bridgehead atoms. The van der Waals surface area contributed by atoms with Gasteiger partial charge in [-0.25, -0.2) is 0 Å². The van der Waals surface area contributed by atoms with Gasteiger partial charge in [-0.1, -0.05) is 30.3 Å². The average molecular weight is 301 g/mol. The number of carbonyl (C=O) groups excluding carboxylic acids is 1. The molecule has 0 aliphatic rings. The van der Waals surface area contributed by atoms with Crippen LogP contribution in [0.3, 0.4) is 0 Å². The average Bonchev–Trinajstić information content (AvgIpc) is 2.55. The summed E-state index contributed by atoms with van der Waals surface area (Å²) in [5.41, 5.74) is 1.21. The van der Waals surface area contributed by atoms with Crippen LogP contribution in [0.4, 0.5) is 5.69 Å². The number of rotatable bonds is 5. The summed E-state index contributed by atoms with van der Waals surface area (Å²) in [5.74, 6) is -0.614. The predicted octanol–water partition coefficient (Wildman–Crippen LogP) is 2.91. The highest BCUT2D eigenvalue weighted by molar-refractivity contribution is 5.83. The number of hydrogen-bond donors (Lipinski definition) is 0. The van der Waals surface area contributed by atoms with Crippen molar-refractivity contribution < 1.29 is 19.2 Å². The van der Waals surface area contributed by atoms with Gasteiger partial charge in [-0.3, -0.25) is 14.9 Å². The van der Waals surface area contributed by atoms with Crippen molar-refractivity contribution in [3.63, 3.8) is 0 Å². The molecule has 22 heavy (non-hydrogen) atoms. The summed E-state index contributed by atoms with van der Waals surface area (Å²) in [4.78, 5) is 22.4. The molecule has 0 fully saturated rings. The Morgan fingerprint density at radius 3 is 2.27 bits per heavy atom. The van der Waals surface area contributed by atoms with E-state index in [0.717, 1.165) is 0 Å². The fourth-order valence-corrected chi connectivity index (χ4v) is 2.25. The number of esters is 1. The first-order valence-electron chi connectivity index (χ1n) is 6.53. The summed E-state index contributed by atoms with van der Waals surface area (Å²) < 4.78 is 10.2. The van der Waals surface area contributed by atoms with Gasteiger partial charge in [-0.2, -0.15) is 0 Å². The maximum absolute atomic E-state index is 12.2. The summed E-state index contributed by atoms with van der Waals surface area (Å²) in [6.07, 6.45) is 0. The van der Waals surface area contributed by atoms with Crippen LogP contribution in [0.15, 0.2) is 48.5 Å². The van der Waals surface area contributed by atoms with Gasteiger partial charge < -0.3 is 9.47 Å².